The van der Waals surface area contributed by atoms with Crippen molar-refractivity contribution in [3.05, 3.63) is 64.7 Å². The highest BCUT2D eigenvalue weighted by Gasteiger charge is 2.23. The number of ether oxygens (including phenoxy) is 1. The van der Waals surface area contributed by atoms with Gasteiger partial charge in [-0.3, -0.25) is 9.69 Å². The second-order valence-electron chi connectivity index (χ2n) is 6.86. The van der Waals surface area contributed by atoms with Crippen LogP contribution in [0.25, 0.3) is 0 Å². The summed E-state index contributed by atoms with van der Waals surface area (Å²) in [5.41, 5.74) is 1.24. The van der Waals surface area contributed by atoms with Crippen molar-refractivity contribution in [3.8, 4) is 5.75 Å². The summed E-state index contributed by atoms with van der Waals surface area (Å²) in [5, 5.41) is 9.52. The van der Waals surface area contributed by atoms with E-state index in [1.807, 2.05) is 6.07 Å². The third-order valence-electron chi connectivity index (χ3n) is 5.02. The van der Waals surface area contributed by atoms with Crippen LogP contribution in [0, 0.1) is 6.92 Å². The van der Waals surface area contributed by atoms with E-state index in [2.05, 4.69) is 4.90 Å². The zero-order valence-electron chi connectivity index (χ0n) is 15.6. The molecule has 1 heterocycles. The predicted octanol–water partition coefficient (Wildman–Crippen LogP) is 3.79. The lowest BCUT2D eigenvalue weighted by molar-refractivity contribution is 0.0692. The molecule has 0 spiro atoms. The molecular formula is C22H25NO4. The van der Waals surface area contributed by atoms with Crippen molar-refractivity contribution < 1.29 is 19.4 Å². The average molecular weight is 367 g/mol. The highest BCUT2D eigenvalue weighted by molar-refractivity contribution is 6.15. The lowest BCUT2D eigenvalue weighted by Gasteiger charge is -2.26. The maximum absolute atomic E-state index is 12.9. The summed E-state index contributed by atoms with van der Waals surface area (Å²) < 4.78 is 5.91. The highest BCUT2D eigenvalue weighted by Crippen LogP contribution is 2.27. The Balaban J connectivity index is 1.81. The lowest BCUT2D eigenvalue weighted by Crippen LogP contribution is -2.33. The number of nitrogens with zero attached hydrogens (tertiary/aromatic N) is 1. The summed E-state index contributed by atoms with van der Waals surface area (Å²) in [6.45, 7) is 5.29. The first-order valence-corrected chi connectivity index (χ1v) is 9.39. The van der Waals surface area contributed by atoms with Crippen molar-refractivity contribution in [3.63, 3.8) is 0 Å². The first-order chi connectivity index (χ1) is 13.1. The highest BCUT2D eigenvalue weighted by atomic mass is 16.5. The van der Waals surface area contributed by atoms with Gasteiger partial charge in [-0.25, -0.2) is 4.79 Å². The van der Waals surface area contributed by atoms with Crippen molar-refractivity contribution in [1.29, 1.82) is 0 Å². The van der Waals surface area contributed by atoms with Crippen LogP contribution in [-0.2, 0) is 0 Å². The van der Waals surface area contributed by atoms with Crippen molar-refractivity contribution in [1.82, 2.24) is 4.90 Å². The number of carboxylic acid groups (broad SMARTS) is 1. The molecule has 5 nitrogen and oxygen atoms in total. The minimum atomic E-state index is -1.11. The van der Waals surface area contributed by atoms with Gasteiger partial charge in [0, 0.05) is 23.2 Å². The van der Waals surface area contributed by atoms with Gasteiger partial charge in [0.2, 0.25) is 0 Å². The normalized spacial score (nSPS) is 14.7. The first kappa shape index (κ1) is 19.1. The van der Waals surface area contributed by atoms with E-state index in [0.29, 0.717) is 23.5 Å². The van der Waals surface area contributed by atoms with Gasteiger partial charge in [-0.2, -0.15) is 0 Å². The number of piperidine rings is 1. The molecular weight excluding hydrogens is 342 g/mol. The standard InChI is InChI=1S/C22H25NO4/c1-16-19(27-15-14-23-12-6-3-7-13-23)11-10-18(22(25)26)20(16)21(24)17-8-4-2-5-9-17/h2,4-5,8-11H,3,6-7,12-15H2,1H3,(H,25,26). The number of likely N-dealkylation sites (tertiary alicyclic amines) is 1. The van der Waals surface area contributed by atoms with Crippen LogP contribution in [0.15, 0.2) is 42.5 Å². The summed E-state index contributed by atoms with van der Waals surface area (Å²) in [5.74, 6) is -0.847. The molecule has 142 valence electrons. The van der Waals surface area contributed by atoms with Gasteiger partial charge in [0.25, 0.3) is 0 Å². The van der Waals surface area contributed by atoms with Gasteiger partial charge in [0.1, 0.15) is 12.4 Å². The Morgan fingerprint density at radius 2 is 1.74 bits per heavy atom. The first-order valence-electron chi connectivity index (χ1n) is 9.39. The molecule has 1 N–H and O–H groups in total. The molecule has 0 unspecified atom stereocenters. The molecule has 1 aliphatic rings. The Bertz CT molecular complexity index is 811. The number of rotatable bonds is 7. The minimum Gasteiger partial charge on any atom is -0.492 e. The summed E-state index contributed by atoms with van der Waals surface area (Å²) in [6.07, 6.45) is 3.74. The fraction of sp³-hybridized carbons (Fsp3) is 0.364. The van der Waals surface area contributed by atoms with E-state index >= 15 is 0 Å². The number of hydrogen-bond donors (Lipinski definition) is 1. The van der Waals surface area contributed by atoms with E-state index in [1.54, 1.807) is 37.3 Å². The number of aromatic carboxylic acids is 1. The Morgan fingerprint density at radius 1 is 1.04 bits per heavy atom. The topological polar surface area (TPSA) is 66.8 Å². The zero-order chi connectivity index (χ0) is 19.2. The van der Waals surface area contributed by atoms with E-state index in [0.717, 1.165) is 19.6 Å². The predicted molar refractivity (Wildman–Crippen MR) is 104 cm³/mol. The maximum Gasteiger partial charge on any atom is 0.336 e. The fourth-order valence-corrected chi connectivity index (χ4v) is 3.52. The quantitative estimate of drug-likeness (QED) is 0.754. The minimum absolute atomic E-state index is 0.00438. The summed E-state index contributed by atoms with van der Waals surface area (Å²) in [6, 6.07) is 11.8. The van der Waals surface area contributed by atoms with Gasteiger partial charge in [0.15, 0.2) is 5.78 Å². The van der Waals surface area contributed by atoms with E-state index in [4.69, 9.17) is 4.74 Å². The maximum atomic E-state index is 12.9. The van der Waals surface area contributed by atoms with Crippen LogP contribution >= 0.6 is 0 Å². The molecule has 5 heteroatoms. The number of carbonyl (C=O) groups excluding carboxylic acids is 1. The van der Waals surface area contributed by atoms with E-state index in [1.165, 1.54) is 25.3 Å². The number of ketones is 1. The van der Waals surface area contributed by atoms with Crippen LogP contribution in [0.5, 0.6) is 5.75 Å². The van der Waals surface area contributed by atoms with Crippen LogP contribution < -0.4 is 4.74 Å². The van der Waals surface area contributed by atoms with E-state index in [-0.39, 0.29) is 16.9 Å². The van der Waals surface area contributed by atoms with Crippen LogP contribution in [0.3, 0.4) is 0 Å². The molecule has 0 aromatic heterocycles. The zero-order valence-corrected chi connectivity index (χ0v) is 15.6. The van der Waals surface area contributed by atoms with Crippen molar-refractivity contribution in [2.75, 3.05) is 26.2 Å². The second-order valence-corrected chi connectivity index (χ2v) is 6.86. The van der Waals surface area contributed by atoms with E-state index < -0.39 is 5.97 Å². The Kier molecular flexibility index (Phi) is 6.24. The fourth-order valence-electron chi connectivity index (χ4n) is 3.52. The molecule has 3 rings (SSSR count). The van der Waals surface area contributed by atoms with Gasteiger partial charge < -0.3 is 9.84 Å². The summed E-state index contributed by atoms with van der Waals surface area (Å²) >= 11 is 0. The summed E-state index contributed by atoms with van der Waals surface area (Å²) in [7, 11) is 0. The van der Waals surface area contributed by atoms with Crippen LogP contribution in [0.1, 0.15) is 51.1 Å². The van der Waals surface area contributed by atoms with Crippen LogP contribution in [0.4, 0.5) is 0 Å². The molecule has 0 saturated carbocycles. The van der Waals surface area contributed by atoms with Gasteiger partial charge >= 0.3 is 5.97 Å². The Hall–Kier alpha value is -2.66. The molecule has 0 amide bonds. The number of carboxylic acids is 1. The van der Waals surface area contributed by atoms with Gasteiger partial charge in [-0.15, -0.1) is 0 Å². The largest absolute Gasteiger partial charge is 0.492 e. The second kappa shape index (κ2) is 8.82. The SMILES string of the molecule is Cc1c(OCCN2CCCCC2)ccc(C(=O)O)c1C(=O)c1ccccc1. The monoisotopic (exact) mass is 367 g/mol. The Labute approximate surface area is 159 Å². The van der Waals surface area contributed by atoms with Gasteiger partial charge in [-0.05, 0) is 45.0 Å². The van der Waals surface area contributed by atoms with Crippen LogP contribution in [0.2, 0.25) is 0 Å². The van der Waals surface area contributed by atoms with Crippen molar-refractivity contribution >= 4 is 11.8 Å². The smallest absolute Gasteiger partial charge is 0.336 e. The molecule has 2 aromatic rings. The molecule has 0 radical (unpaired) electrons. The van der Waals surface area contributed by atoms with Gasteiger partial charge in [0.05, 0.1) is 5.56 Å². The molecule has 1 saturated heterocycles. The molecule has 1 aliphatic heterocycles. The molecule has 0 atom stereocenters. The average Bonchev–Trinajstić information content (AvgIpc) is 2.70. The van der Waals surface area contributed by atoms with Crippen LogP contribution in [-0.4, -0.2) is 48.0 Å². The number of benzene rings is 2. The van der Waals surface area contributed by atoms with Crippen molar-refractivity contribution in [2.24, 2.45) is 0 Å². The van der Waals surface area contributed by atoms with E-state index in [9.17, 15) is 14.7 Å². The third-order valence-corrected chi connectivity index (χ3v) is 5.02. The lowest BCUT2D eigenvalue weighted by atomic mass is 9.93. The van der Waals surface area contributed by atoms with Gasteiger partial charge in [-0.1, -0.05) is 36.8 Å². The molecule has 2 aromatic carbocycles. The number of hydrogen-bond acceptors (Lipinski definition) is 4. The molecule has 0 aliphatic carbocycles. The summed E-state index contributed by atoms with van der Waals surface area (Å²) in [4.78, 5) is 27.0. The third kappa shape index (κ3) is 4.55. The Morgan fingerprint density at radius 3 is 2.41 bits per heavy atom. The number of carbonyl (C=O) groups is 2. The molecule has 0 bridgehead atoms. The van der Waals surface area contributed by atoms with Crippen molar-refractivity contribution in [2.45, 2.75) is 26.2 Å². The molecule has 1 fully saturated rings. The molecule has 27 heavy (non-hydrogen) atoms.